The standard InChI is InChI=1S/C14H15NO2/c1-3-10(2)13(16)12(9-15)14(17)11-7-5-4-6-8-11/h4-8,10,17H,3H2,1-2H3. The van der Waals surface area contributed by atoms with Crippen LogP contribution in [0.2, 0.25) is 0 Å². The molecule has 17 heavy (non-hydrogen) atoms. The van der Waals surface area contributed by atoms with Crippen LogP contribution in [-0.4, -0.2) is 10.9 Å². The van der Waals surface area contributed by atoms with Crippen LogP contribution < -0.4 is 0 Å². The second kappa shape index (κ2) is 5.86. The number of nitriles is 1. The zero-order valence-corrected chi connectivity index (χ0v) is 9.97. The van der Waals surface area contributed by atoms with Gasteiger partial charge in [0.25, 0.3) is 0 Å². The maximum absolute atomic E-state index is 11.9. The topological polar surface area (TPSA) is 61.1 Å². The van der Waals surface area contributed by atoms with Crippen LogP contribution >= 0.6 is 0 Å². The Morgan fingerprint density at radius 2 is 2.00 bits per heavy atom. The van der Waals surface area contributed by atoms with E-state index in [1.54, 1.807) is 43.3 Å². The number of rotatable bonds is 4. The lowest BCUT2D eigenvalue weighted by molar-refractivity contribution is -0.118. The molecule has 3 nitrogen and oxygen atoms in total. The van der Waals surface area contributed by atoms with E-state index in [4.69, 9.17) is 5.26 Å². The molecule has 0 saturated carbocycles. The highest BCUT2D eigenvalue weighted by molar-refractivity contribution is 6.06. The molecule has 1 N–H and O–H groups in total. The van der Waals surface area contributed by atoms with Crippen LogP contribution in [0.4, 0.5) is 0 Å². The molecule has 0 aliphatic heterocycles. The van der Waals surface area contributed by atoms with Crippen LogP contribution in [0.5, 0.6) is 0 Å². The summed E-state index contributed by atoms with van der Waals surface area (Å²) < 4.78 is 0. The number of allylic oxidation sites excluding steroid dienone is 1. The van der Waals surface area contributed by atoms with Gasteiger partial charge in [0.05, 0.1) is 0 Å². The molecule has 0 saturated heterocycles. The zero-order valence-electron chi connectivity index (χ0n) is 9.97. The molecule has 88 valence electrons. The van der Waals surface area contributed by atoms with Crippen molar-refractivity contribution in [1.82, 2.24) is 0 Å². The van der Waals surface area contributed by atoms with Crippen LogP contribution in [0.1, 0.15) is 25.8 Å². The van der Waals surface area contributed by atoms with Gasteiger partial charge < -0.3 is 5.11 Å². The van der Waals surface area contributed by atoms with Gasteiger partial charge in [0.2, 0.25) is 0 Å². The van der Waals surface area contributed by atoms with Crippen LogP contribution in [0.3, 0.4) is 0 Å². The molecule has 1 atom stereocenters. The van der Waals surface area contributed by atoms with Gasteiger partial charge in [-0.25, -0.2) is 0 Å². The second-order valence-electron chi connectivity index (χ2n) is 3.87. The molecule has 0 bridgehead atoms. The van der Waals surface area contributed by atoms with E-state index < -0.39 is 0 Å². The predicted octanol–water partition coefficient (Wildman–Crippen LogP) is 3.09. The summed E-state index contributed by atoms with van der Waals surface area (Å²) >= 11 is 0. The number of benzene rings is 1. The quantitative estimate of drug-likeness (QED) is 0.490. The number of aliphatic hydroxyl groups is 1. The first kappa shape index (κ1) is 13.0. The molecule has 0 aromatic heterocycles. The Balaban J connectivity index is 3.17. The van der Waals surface area contributed by atoms with Crippen molar-refractivity contribution in [3.05, 3.63) is 41.5 Å². The van der Waals surface area contributed by atoms with E-state index in [2.05, 4.69) is 0 Å². The van der Waals surface area contributed by atoms with Gasteiger partial charge in [-0.15, -0.1) is 0 Å². The van der Waals surface area contributed by atoms with Crippen molar-refractivity contribution < 1.29 is 9.90 Å². The van der Waals surface area contributed by atoms with Gasteiger partial charge in [0.1, 0.15) is 17.4 Å². The molecule has 0 radical (unpaired) electrons. The van der Waals surface area contributed by atoms with Gasteiger partial charge in [-0.3, -0.25) is 4.79 Å². The maximum Gasteiger partial charge on any atom is 0.179 e. The predicted molar refractivity (Wildman–Crippen MR) is 66.1 cm³/mol. The number of ketones is 1. The summed E-state index contributed by atoms with van der Waals surface area (Å²) in [5.74, 6) is -0.801. The van der Waals surface area contributed by atoms with Crippen LogP contribution in [0.25, 0.3) is 5.76 Å². The third kappa shape index (κ3) is 2.94. The maximum atomic E-state index is 11.9. The minimum absolute atomic E-state index is 0.162. The molecule has 3 heteroatoms. The monoisotopic (exact) mass is 229 g/mol. The van der Waals surface area contributed by atoms with Crippen LogP contribution in [0.15, 0.2) is 35.9 Å². The average molecular weight is 229 g/mol. The molecule has 0 amide bonds. The molecule has 1 aromatic carbocycles. The molecule has 0 fully saturated rings. The van der Waals surface area contributed by atoms with E-state index in [9.17, 15) is 9.90 Å². The zero-order chi connectivity index (χ0) is 12.8. The van der Waals surface area contributed by atoms with Gasteiger partial charge >= 0.3 is 0 Å². The number of aliphatic hydroxyl groups excluding tert-OH is 1. The lowest BCUT2D eigenvalue weighted by Gasteiger charge is -2.08. The number of hydrogen-bond donors (Lipinski definition) is 1. The van der Waals surface area contributed by atoms with Gasteiger partial charge in [0.15, 0.2) is 5.78 Å². The first-order valence-electron chi connectivity index (χ1n) is 5.54. The normalized spacial score (nSPS) is 13.5. The Kier molecular flexibility index (Phi) is 4.47. The molecular formula is C14H15NO2. The number of carbonyl (C=O) groups excluding carboxylic acids is 1. The van der Waals surface area contributed by atoms with Crippen molar-refractivity contribution in [3.63, 3.8) is 0 Å². The average Bonchev–Trinajstić information content (AvgIpc) is 2.39. The highest BCUT2D eigenvalue weighted by Crippen LogP contribution is 2.19. The molecule has 1 aromatic rings. The first-order chi connectivity index (χ1) is 8.11. The van der Waals surface area contributed by atoms with E-state index >= 15 is 0 Å². The third-order valence-corrected chi connectivity index (χ3v) is 2.70. The minimum atomic E-state index is -0.309. The fourth-order valence-electron chi connectivity index (χ4n) is 1.40. The van der Waals surface area contributed by atoms with Crippen molar-refractivity contribution in [1.29, 1.82) is 5.26 Å². The molecule has 1 unspecified atom stereocenters. The Labute approximate surface area is 101 Å². The summed E-state index contributed by atoms with van der Waals surface area (Å²) in [6.07, 6.45) is 0.645. The van der Waals surface area contributed by atoms with E-state index in [1.165, 1.54) is 0 Å². The lowest BCUT2D eigenvalue weighted by Crippen LogP contribution is -2.13. The smallest absolute Gasteiger partial charge is 0.179 e. The molecule has 0 heterocycles. The number of nitrogens with zero attached hydrogens (tertiary/aromatic N) is 1. The number of Topliss-reactive ketones (excluding diaryl/α,β-unsaturated/α-hetero) is 1. The van der Waals surface area contributed by atoms with Gasteiger partial charge in [-0.1, -0.05) is 44.2 Å². The number of hydrogen-bond acceptors (Lipinski definition) is 3. The molecule has 1 rings (SSSR count). The van der Waals surface area contributed by atoms with Crippen molar-refractivity contribution >= 4 is 11.5 Å². The molecule has 0 aliphatic carbocycles. The number of carbonyl (C=O) groups is 1. The summed E-state index contributed by atoms with van der Waals surface area (Å²) in [7, 11) is 0. The Morgan fingerprint density at radius 1 is 1.41 bits per heavy atom. The first-order valence-corrected chi connectivity index (χ1v) is 5.54. The molecular weight excluding hydrogens is 214 g/mol. The van der Waals surface area contributed by atoms with Crippen molar-refractivity contribution in [3.8, 4) is 6.07 Å². The Hall–Kier alpha value is -2.08. The summed E-state index contributed by atoms with van der Waals surface area (Å²) in [6, 6.07) is 10.4. The largest absolute Gasteiger partial charge is 0.506 e. The summed E-state index contributed by atoms with van der Waals surface area (Å²) in [5.41, 5.74) is 0.325. The van der Waals surface area contributed by atoms with E-state index in [1.807, 2.05) is 6.92 Å². The van der Waals surface area contributed by atoms with E-state index in [-0.39, 0.29) is 23.0 Å². The van der Waals surface area contributed by atoms with Crippen molar-refractivity contribution in [2.75, 3.05) is 0 Å². The van der Waals surface area contributed by atoms with Crippen molar-refractivity contribution in [2.24, 2.45) is 5.92 Å². The summed E-state index contributed by atoms with van der Waals surface area (Å²) in [4.78, 5) is 11.9. The van der Waals surface area contributed by atoms with E-state index in [0.717, 1.165) is 0 Å². The molecule has 0 aliphatic rings. The Bertz CT molecular complexity index is 469. The minimum Gasteiger partial charge on any atom is -0.506 e. The summed E-state index contributed by atoms with van der Waals surface area (Å²) in [6.45, 7) is 3.62. The lowest BCUT2D eigenvalue weighted by atomic mass is 9.95. The summed E-state index contributed by atoms with van der Waals surface area (Å²) in [5, 5.41) is 18.9. The SMILES string of the molecule is CCC(C)C(=O)C(C#N)=C(O)c1ccccc1. The van der Waals surface area contributed by atoms with Gasteiger partial charge in [-0.05, 0) is 6.42 Å². The fraction of sp³-hybridized carbons (Fsp3) is 0.286. The van der Waals surface area contributed by atoms with Crippen LogP contribution in [-0.2, 0) is 4.79 Å². The second-order valence-corrected chi connectivity index (χ2v) is 3.87. The molecule has 0 spiro atoms. The fourth-order valence-corrected chi connectivity index (χ4v) is 1.40. The van der Waals surface area contributed by atoms with Gasteiger partial charge in [0, 0.05) is 11.5 Å². The van der Waals surface area contributed by atoms with E-state index in [0.29, 0.717) is 12.0 Å². The Morgan fingerprint density at radius 3 is 2.47 bits per heavy atom. The van der Waals surface area contributed by atoms with Crippen molar-refractivity contribution in [2.45, 2.75) is 20.3 Å². The third-order valence-electron chi connectivity index (χ3n) is 2.70. The van der Waals surface area contributed by atoms with Gasteiger partial charge in [-0.2, -0.15) is 5.26 Å². The highest BCUT2D eigenvalue weighted by Gasteiger charge is 2.20. The highest BCUT2D eigenvalue weighted by atomic mass is 16.3. The van der Waals surface area contributed by atoms with Crippen LogP contribution in [0, 0.1) is 17.2 Å².